The smallest absolute Gasteiger partial charge is 0.322 e. The molecule has 1 amide bonds. The molecule has 2 aromatic rings. The number of halogens is 1. The third-order valence-corrected chi connectivity index (χ3v) is 4.00. The van der Waals surface area contributed by atoms with Gasteiger partial charge in [0, 0.05) is 18.1 Å². The maximum Gasteiger partial charge on any atom is 0.377 e. The zero-order chi connectivity index (χ0) is 15.9. The topological polar surface area (TPSA) is 73.0 Å². The molecule has 7 nitrogen and oxygen atoms in total. The quantitative estimate of drug-likeness (QED) is 0.750. The highest BCUT2D eigenvalue weighted by Gasteiger charge is 2.34. The average molecular weight is 322 g/mol. The molecule has 1 aromatic carbocycles. The Bertz CT molecular complexity index is 780. The van der Waals surface area contributed by atoms with Crippen molar-refractivity contribution in [3.05, 3.63) is 39.8 Å². The van der Waals surface area contributed by atoms with Gasteiger partial charge in [0.1, 0.15) is 0 Å². The first-order chi connectivity index (χ1) is 10.4. The van der Waals surface area contributed by atoms with Crippen LogP contribution < -0.4 is 5.69 Å². The van der Waals surface area contributed by atoms with Crippen molar-refractivity contribution in [2.24, 2.45) is 5.41 Å². The van der Waals surface area contributed by atoms with Crippen LogP contribution >= 0.6 is 11.6 Å². The average Bonchev–Trinajstić information content (AvgIpc) is 3.01. The fourth-order valence-electron chi connectivity index (χ4n) is 2.55. The van der Waals surface area contributed by atoms with E-state index in [1.807, 2.05) is 0 Å². The number of nitrogens with zero attached hydrogens (tertiary/aromatic N) is 5. The van der Waals surface area contributed by atoms with Gasteiger partial charge >= 0.3 is 11.7 Å². The Hall–Kier alpha value is -2.15. The molecule has 2 heterocycles. The molecular formula is C14H16ClN5O2. The summed E-state index contributed by atoms with van der Waals surface area (Å²) in [6, 6.07) is 6.22. The van der Waals surface area contributed by atoms with E-state index in [9.17, 15) is 9.59 Å². The maximum absolute atomic E-state index is 12.4. The van der Waals surface area contributed by atoms with Crippen molar-refractivity contribution < 1.29 is 4.79 Å². The number of carbonyl (C=O) groups excluding carboxylic acids is 1. The van der Waals surface area contributed by atoms with Crippen LogP contribution in [-0.4, -0.2) is 43.8 Å². The van der Waals surface area contributed by atoms with Gasteiger partial charge in [-0.2, -0.15) is 4.68 Å². The molecule has 1 aliphatic heterocycles. The van der Waals surface area contributed by atoms with Gasteiger partial charge in [0.05, 0.1) is 5.69 Å². The summed E-state index contributed by atoms with van der Waals surface area (Å²) in [6.07, 6.45) is 0.899. The molecule has 0 bridgehead atoms. The lowest BCUT2D eigenvalue weighted by molar-refractivity contribution is 0.200. The summed E-state index contributed by atoms with van der Waals surface area (Å²) in [5.41, 5.74) is -0.0716. The Balaban J connectivity index is 1.91. The molecule has 1 aromatic heterocycles. The highest BCUT2D eigenvalue weighted by Crippen LogP contribution is 2.28. The summed E-state index contributed by atoms with van der Waals surface area (Å²) in [4.78, 5) is 26.4. The fourth-order valence-corrected chi connectivity index (χ4v) is 2.73. The third kappa shape index (κ3) is 2.64. The zero-order valence-corrected chi connectivity index (χ0v) is 13.1. The number of carbonyl (C=O) groups is 1. The number of aromatic nitrogens is 4. The van der Waals surface area contributed by atoms with Gasteiger partial charge in [-0.15, -0.1) is 4.68 Å². The maximum atomic E-state index is 12.4. The molecule has 0 atom stereocenters. The third-order valence-electron chi connectivity index (χ3n) is 3.76. The number of benzene rings is 1. The summed E-state index contributed by atoms with van der Waals surface area (Å²) in [7, 11) is 0. The first kappa shape index (κ1) is 14.8. The lowest BCUT2D eigenvalue weighted by Gasteiger charge is -2.18. The SMILES string of the molecule is CC1(C)CCN(C(=O)n2nnn(-c3cccc(Cl)c3)c2=O)C1. The van der Waals surface area contributed by atoms with E-state index >= 15 is 0 Å². The van der Waals surface area contributed by atoms with Crippen molar-refractivity contribution in [2.45, 2.75) is 20.3 Å². The van der Waals surface area contributed by atoms with Crippen LogP contribution in [0.5, 0.6) is 0 Å². The molecule has 1 saturated heterocycles. The minimum absolute atomic E-state index is 0.0578. The van der Waals surface area contributed by atoms with E-state index in [2.05, 4.69) is 24.3 Å². The normalized spacial score (nSPS) is 17.0. The standard InChI is InChI=1S/C14H16ClN5O2/c1-14(2)6-7-18(9-14)12(21)20-13(22)19(16-17-20)11-5-3-4-10(15)8-11/h3-5,8H,6-7,9H2,1-2H3. The molecule has 0 spiro atoms. The van der Waals surface area contributed by atoms with E-state index in [0.29, 0.717) is 23.8 Å². The molecule has 1 fully saturated rings. The molecule has 0 radical (unpaired) electrons. The summed E-state index contributed by atoms with van der Waals surface area (Å²) >= 11 is 5.91. The lowest BCUT2D eigenvalue weighted by Crippen LogP contribution is -2.40. The lowest BCUT2D eigenvalue weighted by atomic mass is 9.93. The Labute approximate surface area is 132 Å². The van der Waals surface area contributed by atoms with Crippen LogP contribution in [0.15, 0.2) is 29.1 Å². The van der Waals surface area contributed by atoms with Crippen LogP contribution in [0, 0.1) is 5.41 Å². The second-order valence-electron chi connectivity index (χ2n) is 6.18. The number of hydrogen-bond acceptors (Lipinski definition) is 4. The van der Waals surface area contributed by atoms with Crippen LogP contribution in [-0.2, 0) is 0 Å². The highest BCUT2D eigenvalue weighted by atomic mass is 35.5. The number of likely N-dealkylation sites (tertiary alicyclic amines) is 1. The van der Waals surface area contributed by atoms with Crippen LogP contribution in [0.25, 0.3) is 5.69 Å². The van der Waals surface area contributed by atoms with Crippen molar-refractivity contribution in [3.63, 3.8) is 0 Å². The van der Waals surface area contributed by atoms with Gasteiger partial charge in [0.2, 0.25) is 0 Å². The van der Waals surface area contributed by atoms with Crippen molar-refractivity contribution in [1.29, 1.82) is 0 Å². The number of tetrazole rings is 1. The second kappa shape index (κ2) is 5.24. The molecule has 116 valence electrons. The van der Waals surface area contributed by atoms with E-state index in [1.54, 1.807) is 29.2 Å². The van der Waals surface area contributed by atoms with E-state index < -0.39 is 11.7 Å². The van der Waals surface area contributed by atoms with Gasteiger partial charge in [0.25, 0.3) is 0 Å². The van der Waals surface area contributed by atoms with Gasteiger partial charge in [0.15, 0.2) is 0 Å². The predicted octanol–water partition coefficient (Wildman–Crippen LogP) is 1.78. The molecule has 1 aliphatic rings. The van der Waals surface area contributed by atoms with Gasteiger partial charge in [-0.1, -0.05) is 31.5 Å². The van der Waals surface area contributed by atoms with Crippen LogP contribution in [0.3, 0.4) is 0 Å². The largest absolute Gasteiger partial charge is 0.377 e. The van der Waals surface area contributed by atoms with Crippen LogP contribution in [0.4, 0.5) is 4.79 Å². The minimum Gasteiger partial charge on any atom is -0.322 e. The molecule has 0 aliphatic carbocycles. The summed E-state index contributed by atoms with van der Waals surface area (Å²) in [5, 5.41) is 7.94. The molecule has 22 heavy (non-hydrogen) atoms. The van der Waals surface area contributed by atoms with Crippen molar-refractivity contribution >= 4 is 17.6 Å². The summed E-state index contributed by atoms with van der Waals surface area (Å²) in [5.74, 6) is 0. The summed E-state index contributed by atoms with van der Waals surface area (Å²) < 4.78 is 1.85. The number of hydrogen-bond donors (Lipinski definition) is 0. The van der Waals surface area contributed by atoms with Gasteiger partial charge in [-0.05, 0) is 40.5 Å². The van der Waals surface area contributed by atoms with Crippen molar-refractivity contribution in [3.8, 4) is 5.69 Å². The molecular weight excluding hydrogens is 306 g/mol. The Kier molecular flexibility index (Phi) is 3.52. The molecule has 0 saturated carbocycles. The molecule has 0 unspecified atom stereocenters. The Morgan fingerprint density at radius 1 is 1.32 bits per heavy atom. The second-order valence-corrected chi connectivity index (χ2v) is 6.62. The van der Waals surface area contributed by atoms with Crippen molar-refractivity contribution in [1.82, 2.24) is 24.7 Å². The van der Waals surface area contributed by atoms with Gasteiger partial charge < -0.3 is 4.90 Å². The van der Waals surface area contributed by atoms with E-state index in [-0.39, 0.29) is 5.41 Å². The zero-order valence-electron chi connectivity index (χ0n) is 12.4. The van der Waals surface area contributed by atoms with Gasteiger partial charge in [-0.3, -0.25) is 0 Å². The monoisotopic (exact) mass is 321 g/mol. The first-order valence-corrected chi connectivity index (χ1v) is 7.35. The molecule has 0 N–H and O–H groups in total. The van der Waals surface area contributed by atoms with E-state index in [0.717, 1.165) is 15.8 Å². The Morgan fingerprint density at radius 3 is 2.73 bits per heavy atom. The van der Waals surface area contributed by atoms with E-state index in [1.165, 1.54) is 0 Å². The van der Waals surface area contributed by atoms with Gasteiger partial charge in [-0.25, -0.2) is 9.59 Å². The van der Waals surface area contributed by atoms with Crippen molar-refractivity contribution in [2.75, 3.05) is 13.1 Å². The molecule has 8 heteroatoms. The number of amides is 1. The fraction of sp³-hybridized carbons (Fsp3) is 0.429. The first-order valence-electron chi connectivity index (χ1n) is 6.98. The highest BCUT2D eigenvalue weighted by molar-refractivity contribution is 6.30. The molecule has 3 rings (SSSR count). The predicted molar refractivity (Wildman–Crippen MR) is 81.4 cm³/mol. The van der Waals surface area contributed by atoms with Crippen LogP contribution in [0.1, 0.15) is 20.3 Å². The minimum atomic E-state index is -0.600. The number of rotatable bonds is 1. The Morgan fingerprint density at radius 2 is 2.09 bits per heavy atom. The van der Waals surface area contributed by atoms with E-state index in [4.69, 9.17) is 11.6 Å². The van der Waals surface area contributed by atoms with Crippen LogP contribution in [0.2, 0.25) is 5.02 Å². The summed E-state index contributed by atoms with van der Waals surface area (Å²) in [6.45, 7) is 5.39.